The molecule has 0 atom stereocenters. The Hall–Kier alpha value is -11.1. The Balaban J connectivity index is 0.908. The van der Waals surface area contributed by atoms with Crippen molar-refractivity contribution in [3.05, 3.63) is 285 Å². The zero-order chi connectivity index (χ0) is 59.6. The largest absolute Gasteiger partial charge is 0.361 e. The number of nitrogens with zero attached hydrogens (tertiary/aromatic N) is 5. The summed E-state index contributed by atoms with van der Waals surface area (Å²) in [7, 11) is 0. The normalized spacial score (nSPS) is 13.1. The number of benzene rings is 7. The topological polar surface area (TPSA) is 78.2 Å². The summed E-state index contributed by atoms with van der Waals surface area (Å²) in [5.41, 5.74) is 25.9. The SMILES string of the molecule is C=C/C=c1/[nH]cccc(-c2ccc3c(c2)c2ccccc2n3-c2ccc(-c3ccc(-n4c(=C/C)/c(=C\C(=C)c5ccc6c(c5)c5c(n6-c6ccc(C#N)cc6)C=CC=C=C5)c5ccccc54)cc3C)c(C)c2)c(C)c(C(/C=C\CC#N)=C/C)/c1=C/C. The van der Waals surface area contributed by atoms with Gasteiger partial charge in [-0.1, -0.05) is 122 Å². The van der Waals surface area contributed by atoms with Crippen molar-refractivity contribution in [2.75, 3.05) is 0 Å². The van der Waals surface area contributed by atoms with E-state index in [4.69, 9.17) is 6.58 Å². The Bertz CT molecular complexity index is 5240. The van der Waals surface area contributed by atoms with Crippen LogP contribution >= 0.6 is 0 Å². The van der Waals surface area contributed by atoms with Gasteiger partial charge in [0.15, 0.2) is 0 Å². The highest BCUT2D eigenvalue weighted by atomic mass is 15.0. The molecule has 0 aliphatic heterocycles. The van der Waals surface area contributed by atoms with Gasteiger partial charge in [-0.25, -0.2) is 0 Å². The smallest absolute Gasteiger partial charge is 0.0991 e. The molecule has 1 N–H and O–H groups in total. The van der Waals surface area contributed by atoms with Gasteiger partial charge in [-0.3, -0.25) is 0 Å². The summed E-state index contributed by atoms with van der Waals surface area (Å²) in [6.45, 7) is 21.6. The van der Waals surface area contributed by atoms with Crippen LogP contribution in [0.3, 0.4) is 0 Å². The summed E-state index contributed by atoms with van der Waals surface area (Å²) in [4.78, 5) is 3.52. The zero-order valence-electron chi connectivity index (χ0n) is 49.4. The van der Waals surface area contributed by atoms with Crippen LogP contribution in [0.5, 0.6) is 0 Å². The van der Waals surface area contributed by atoms with Gasteiger partial charge in [-0.15, -0.1) is 5.73 Å². The fraction of sp³-hybridized carbons (Fsp3) is 0.0875. The fourth-order valence-corrected chi connectivity index (χ4v) is 12.8. The Kier molecular flexibility index (Phi) is 15.2. The lowest BCUT2D eigenvalue weighted by atomic mass is 9.92. The van der Waals surface area contributed by atoms with Gasteiger partial charge in [0.2, 0.25) is 0 Å². The minimum Gasteiger partial charge on any atom is -0.361 e. The highest BCUT2D eigenvalue weighted by molar-refractivity contribution is 6.11. The number of aromatic nitrogens is 4. The molecule has 6 nitrogen and oxygen atoms in total. The minimum atomic E-state index is 0.325. The first kappa shape index (κ1) is 55.4. The van der Waals surface area contributed by atoms with E-state index in [1.54, 1.807) is 0 Å². The van der Waals surface area contributed by atoms with Crippen LogP contribution in [0, 0.1) is 43.4 Å². The first-order valence-corrected chi connectivity index (χ1v) is 29.1. The Labute approximate surface area is 502 Å². The quantitative estimate of drug-likeness (QED) is 0.103. The van der Waals surface area contributed by atoms with Crippen LogP contribution in [0.25, 0.3) is 131 Å². The molecule has 6 heteroatoms. The van der Waals surface area contributed by atoms with Crippen molar-refractivity contribution >= 4 is 91.2 Å². The lowest BCUT2D eigenvalue weighted by molar-refractivity contribution is 1.06. The third-order valence-corrected chi connectivity index (χ3v) is 16.7. The van der Waals surface area contributed by atoms with Crippen LogP contribution in [-0.2, 0) is 0 Å². The maximum absolute atomic E-state index is 9.52. The van der Waals surface area contributed by atoms with Crippen molar-refractivity contribution in [3.8, 4) is 51.5 Å². The van der Waals surface area contributed by atoms with E-state index < -0.39 is 0 Å². The van der Waals surface area contributed by atoms with Crippen LogP contribution < -0.4 is 21.1 Å². The molecule has 1 aliphatic rings. The molecule has 4 aromatic heterocycles. The molecule has 86 heavy (non-hydrogen) atoms. The number of hydrogen-bond acceptors (Lipinski definition) is 2. The van der Waals surface area contributed by atoms with Crippen LogP contribution in [0.2, 0.25) is 0 Å². The molecular weight excluding hydrogens is 1040 g/mol. The van der Waals surface area contributed by atoms with Crippen LogP contribution in [0.15, 0.2) is 219 Å². The van der Waals surface area contributed by atoms with Gasteiger partial charge in [0.05, 0.1) is 51.9 Å². The van der Waals surface area contributed by atoms with Gasteiger partial charge >= 0.3 is 0 Å². The maximum Gasteiger partial charge on any atom is 0.0991 e. The highest BCUT2D eigenvalue weighted by Crippen LogP contribution is 2.39. The van der Waals surface area contributed by atoms with Crippen molar-refractivity contribution in [3.63, 3.8) is 0 Å². The zero-order valence-corrected chi connectivity index (χ0v) is 49.4. The molecule has 0 amide bonds. The van der Waals surface area contributed by atoms with E-state index in [9.17, 15) is 10.5 Å². The van der Waals surface area contributed by atoms with E-state index in [1.807, 2.05) is 60.8 Å². The lowest BCUT2D eigenvalue weighted by Gasteiger charge is -2.16. The van der Waals surface area contributed by atoms with Gasteiger partial charge in [0.25, 0.3) is 0 Å². The second-order valence-corrected chi connectivity index (χ2v) is 21.7. The first-order valence-electron chi connectivity index (χ1n) is 29.1. The predicted octanol–water partition coefficient (Wildman–Crippen LogP) is 17.4. The molecule has 0 saturated heterocycles. The number of para-hydroxylation sites is 2. The number of hydrogen-bond donors (Lipinski definition) is 1. The van der Waals surface area contributed by atoms with E-state index in [2.05, 4.69) is 261 Å². The van der Waals surface area contributed by atoms with E-state index in [1.165, 1.54) is 33.0 Å². The van der Waals surface area contributed by atoms with E-state index in [0.29, 0.717) is 12.0 Å². The maximum atomic E-state index is 9.52. The molecule has 12 rings (SSSR count). The number of aryl methyl sites for hydroxylation is 2. The number of aromatic amines is 1. The lowest BCUT2D eigenvalue weighted by Crippen LogP contribution is -2.29. The van der Waals surface area contributed by atoms with Gasteiger partial charge in [-0.2, -0.15) is 10.5 Å². The number of rotatable bonds is 11. The standard InChI is InChI=1S/C80H64N6/c1-9-23-73-63(11-3)80(57(10-2)24-20-21-44-81)55(8)66(28-22-45-83-73)59-35-43-79-72(50-59)69-27-17-19-31-77(69)86(79)62-39-41-65(54(7)47-62)64-40-38-61(46-53(64)6)85-74(12-4)70(67-26-16-18-30-76(67)85)48-52(5)58-34-42-78-71(49-58)68-25-14-13-15-29-75(68)84(78)60-36-32-56(51-82)33-37-60/h9-13,15-20,22-43,45-50,83H,1,5,21H2,2-4,6-8H3/b24-20-,45-22?,57-10+,63-11+,66-28?,70-48-,73-23+,74-12+,80-55?. The molecule has 0 radical (unpaired) electrons. The number of H-pyrrole nitrogens is 1. The third kappa shape index (κ3) is 9.81. The molecule has 7 aromatic carbocycles. The van der Waals surface area contributed by atoms with Crippen molar-refractivity contribution in [1.29, 1.82) is 10.5 Å². The average Bonchev–Trinajstić information content (AvgIpc) is 1.83. The summed E-state index contributed by atoms with van der Waals surface area (Å²) >= 11 is 0. The molecule has 0 unspecified atom stereocenters. The van der Waals surface area contributed by atoms with Crippen molar-refractivity contribution in [2.24, 2.45) is 0 Å². The number of fused-ring (bicyclic) bond motifs is 7. The van der Waals surface area contributed by atoms with E-state index in [0.717, 1.165) is 121 Å². The summed E-state index contributed by atoms with van der Waals surface area (Å²) in [6.07, 6.45) is 27.0. The summed E-state index contributed by atoms with van der Waals surface area (Å²) in [5, 5.41) is 27.8. The van der Waals surface area contributed by atoms with Gasteiger partial charge in [0, 0.05) is 71.5 Å². The molecule has 4 heterocycles. The Morgan fingerprint density at radius 3 is 2.00 bits per heavy atom. The van der Waals surface area contributed by atoms with Gasteiger partial charge in [0.1, 0.15) is 0 Å². The predicted molar refractivity (Wildman–Crippen MR) is 364 cm³/mol. The minimum absolute atomic E-state index is 0.325. The summed E-state index contributed by atoms with van der Waals surface area (Å²) < 4.78 is 7.03. The van der Waals surface area contributed by atoms with Crippen molar-refractivity contribution < 1.29 is 0 Å². The summed E-state index contributed by atoms with van der Waals surface area (Å²) in [5.74, 6) is 0. The van der Waals surface area contributed by atoms with Crippen molar-refractivity contribution in [1.82, 2.24) is 18.7 Å². The second-order valence-electron chi connectivity index (χ2n) is 21.7. The first-order chi connectivity index (χ1) is 42.1. The van der Waals surface area contributed by atoms with E-state index >= 15 is 0 Å². The second kappa shape index (κ2) is 23.6. The highest BCUT2D eigenvalue weighted by Gasteiger charge is 2.20. The number of nitrogens with one attached hydrogen (secondary N) is 1. The van der Waals surface area contributed by atoms with Crippen LogP contribution in [-0.4, -0.2) is 18.7 Å². The molecule has 0 spiro atoms. The van der Waals surface area contributed by atoms with Crippen LogP contribution in [0.4, 0.5) is 0 Å². The van der Waals surface area contributed by atoms with Crippen molar-refractivity contribution in [2.45, 2.75) is 48.0 Å². The molecule has 0 saturated carbocycles. The molecule has 0 bridgehead atoms. The monoisotopic (exact) mass is 1110 g/mol. The fourth-order valence-electron chi connectivity index (χ4n) is 12.8. The molecule has 1 aliphatic carbocycles. The van der Waals surface area contributed by atoms with Gasteiger partial charge in [-0.05, 0) is 224 Å². The van der Waals surface area contributed by atoms with Gasteiger partial charge < -0.3 is 18.7 Å². The third-order valence-electron chi connectivity index (χ3n) is 16.7. The molecular formula is C80H64N6. The number of allylic oxidation sites excluding steroid dienone is 8. The average molecular weight is 1110 g/mol. The summed E-state index contributed by atoms with van der Waals surface area (Å²) in [6, 6.07) is 61.1. The Morgan fingerprint density at radius 2 is 1.31 bits per heavy atom. The molecule has 414 valence electrons. The van der Waals surface area contributed by atoms with E-state index in [-0.39, 0.29) is 0 Å². The molecule has 0 fully saturated rings. The Morgan fingerprint density at radius 1 is 0.640 bits per heavy atom. The van der Waals surface area contributed by atoms with Crippen LogP contribution in [0.1, 0.15) is 71.8 Å². The molecule has 11 aromatic rings. The number of nitriles is 2.